The molecule has 0 aromatic carbocycles. The van der Waals surface area contributed by atoms with Crippen molar-refractivity contribution in [2.75, 3.05) is 12.3 Å². The van der Waals surface area contributed by atoms with Crippen LogP contribution in [0.25, 0.3) is 0 Å². The molecule has 5 heteroatoms. The molecule has 1 aromatic heterocycles. The predicted molar refractivity (Wildman–Crippen MR) is 65.5 cm³/mol. The third-order valence-electron chi connectivity index (χ3n) is 2.89. The Bertz CT molecular complexity index is 463. The number of nitrogens with one attached hydrogen (secondary N) is 1. The van der Waals surface area contributed by atoms with Gasteiger partial charge in [-0.3, -0.25) is 9.59 Å². The zero-order chi connectivity index (χ0) is 12.3. The summed E-state index contributed by atoms with van der Waals surface area (Å²) in [5.41, 5.74) is 5.83. The number of nitrogen functional groups attached to an aromatic ring is 1. The van der Waals surface area contributed by atoms with Gasteiger partial charge in [0.05, 0.1) is 0 Å². The zero-order valence-electron chi connectivity index (χ0n) is 9.69. The van der Waals surface area contributed by atoms with Crippen LogP contribution in [0.1, 0.15) is 19.3 Å². The van der Waals surface area contributed by atoms with Crippen LogP contribution in [0.2, 0.25) is 0 Å². The van der Waals surface area contributed by atoms with E-state index < -0.39 is 0 Å². The lowest BCUT2D eigenvalue weighted by molar-refractivity contribution is -0.121. The second kappa shape index (κ2) is 5.03. The minimum atomic E-state index is -0.212. The van der Waals surface area contributed by atoms with Crippen LogP contribution in [0.5, 0.6) is 0 Å². The van der Waals surface area contributed by atoms with Crippen molar-refractivity contribution >= 4 is 11.6 Å². The maximum atomic E-state index is 11.6. The Balaban J connectivity index is 1.83. The lowest BCUT2D eigenvalue weighted by atomic mass is 10.3. The standard InChI is InChI=1S/C12H17N3O2/c13-10-3-4-12(17)15(7-10)8-11(16)14-6-5-9-1-2-9/h3-4,7,9H,1-2,5-6,8,13H2,(H,14,16). The molecule has 1 amide bonds. The van der Waals surface area contributed by atoms with Crippen LogP contribution in [0, 0.1) is 5.92 Å². The average Bonchev–Trinajstić information content (AvgIpc) is 3.07. The summed E-state index contributed by atoms with van der Waals surface area (Å²) >= 11 is 0. The van der Waals surface area contributed by atoms with E-state index in [4.69, 9.17) is 5.73 Å². The molecule has 5 nitrogen and oxygen atoms in total. The number of anilines is 1. The topological polar surface area (TPSA) is 77.1 Å². The fourth-order valence-electron chi connectivity index (χ4n) is 1.71. The first-order valence-corrected chi connectivity index (χ1v) is 5.88. The summed E-state index contributed by atoms with van der Waals surface area (Å²) < 4.78 is 1.32. The van der Waals surface area contributed by atoms with Gasteiger partial charge >= 0.3 is 0 Å². The van der Waals surface area contributed by atoms with E-state index in [1.807, 2.05) is 0 Å². The summed E-state index contributed by atoms with van der Waals surface area (Å²) in [6, 6.07) is 2.90. The summed E-state index contributed by atoms with van der Waals surface area (Å²) in [6.45, 7) is 0.731. The maximum absolute atomic E-state index is 11.6. The van der Waals surface area contributed by atoms with Gasteiger partial charge in [0.1, 0.15) is 6.54 Å². The van der Waals surface area contributed by atoms with Crippen molar-refractivity contribution in [3.05, 3.63) is 28.7 Å². The minimum Gasteiger partial charge on any atom is -0.398 e. The third kappa shape index (κ3) is 3.62. The monoisotopic (exact) mass is 235 g/mol. The van der Waals surface area contributed by atoms with Gasteiger partial charge < -0.3 is 15.6 Å². The molecule has 1 aliphatic carbocycles. The number of rotatable bonds is 5. The highest BCUT2D eigenvalue weighted by molar-refractivity contribution is 5.75. The van der Waals surface area contributed by atoms with Gasteiger partial charge in [0.15, 0.2) is 0 Å². The number of nitrogens with two attached hydrogens (primary N) is 1. The lowest BCUT2D eigenvalue weighted by Crippen LogP contribution is -2.32. The number of hydrogen-bond acceptors (Lipinski definition) is 3. The van der Waals surface area contributed by atoms with Crippen molar-refractivity contribution in [1.82, 2.24) is 9.88 Å². The van der Waals surface area contributed by atoms with Crippen LogP contribution in [-0.2, 0) is 11.3 Å². The molecule has 0 spiro atoms. The fourth-order valence-corrected chi connectivity index (χ4v) is 1.71. The normalized spacial score (nSPS) is 14.6. The van der Waals surface area contributed by atoms with E-state index in [0.29, 0.717) is 12.2 Å². The van der Waals surface area contributed by atoms with Gasteiger partial charge in [-0.15, -0.1) is 0 Å². The molecular weight excluding hydrogens is 218 g/mol. The molecule has 1 aromatic rings. The van der Waals surface area contributed by atoms with Crippen molar-refractivity contribution in [2.24, 2.45) is 5.92 Å². The minimum absolute atomic E-state index is 0.0362. The van der Waals surface area contributed by atoms with Crippen molar-refractivity contribution in [3.8, 4) is 0 Å². The predicted octanol–water partition coefficient (Wildman–Crippen LogP) is 0.347. The molecule has 0 bridgehead atoms. The van der Waals surface area contributed by atoms with Crippen molar-refractivity contribution in [1.29, 1.82) is 0 Å². The lowest BCUT2D eigenvalue weighted by Gasteiger charge is -2.07. The Labute approximate surface area is 99.6 Å². The van der Waals surface area contributed by atoms with E-state index in [2.05, 4.69) is 5.32 Å². The van der Waals surface area contributed by atoms with E-state index in [9.17, 15) is 9.59 Å². The quantitative estimate of drug-likeness (QED) is 0.773. The van der Waals surface area contributed by atoms with Gasteiger partial charge in [-0.05, 0) is 18.4 Å². The largest absolute Gasteiger partial charge is 0.398 e. The molecule has 1 heterocycles. The fraction of sp³-hybridized carbons (Fsp3) is 0.500. The molecule has 0 unspecified atom stereocenters. The van der Waals surface area contributed by atoms with Crippen LogP contribution < -0.4 is 16.6 Å². The molecule has 92 valence electrons. The number of amides is 1. The summed E-state index contributed by atoms with van der Waals surface area (Å²) in [4.78, 5) is 23.0. The highest BCUT2D eigenvalue weighted by atomic mass is 16.2. The van der Waals surface area contributed by atoms with Gasteiger partial charge in [-0.1, -0.05) is 12.8 Å². The first-order chi connectivity index (χ1) is 8.15. The third-order valence-corrected chi connectivity index (χ3v) is 2.89. The summed E-state index contributed by atoms with van der Waals surface area (Å²) in [6.07, 6.45) is 5.09. The Morgan fingerprint density at radius 1 is 1.47 bits per heavy atom. The summed E-state index contributed by atoms with van der Waals surface area (Å²) in [5.74, 6) is 0.656. The van der Waals surface area contributed by atoms with E-state index in [0.717, 1.165) is 12.3 Å². The van der Waals surface area contributed by atoms with Gasteiger partial charge in [0.2, 0.25) is 5.91 Å². The van der Waals surface area contributed by atoms with Gasteiger partial charge in [0, 0.05) is 24.5 Å². The number of carbonyl (C=O) groups excluding carboxylic acids is 1. The molecule has 0 saturated heterocycles. The second-order valence-electron chi connectivity index (χ2n) is 4.51. The van der Waals surface area contributed by atoms with Crippen molar-refractivity contribution in [3.63, 3.8) is 0 Å². The molecule has 1 aliphatic rings. The van der Waals surface area contributed by atoms with Crippen molar-refractivity contribution in [2.45, 2.75) is 25.8 Å². The molecule has 0 radical (unpaired) electrons. The molecule has 17 heavy (non-hydrogen) atoms. The van der Waals surface area contributed by atoms with Crippen LogP contribution in [0.15, 0.2) is 23.1 Å². The zero-order valence-corrected chi connectivity index (χ0v) is 9.69. The SMILES string of the molecule is Nc1ccc(=O)n(CC(=O)NCCC2CC2)c1. The highest BCUT2D eigenvalue weighted by Crippen LogP contribution is 2.31. The number of nitrogens with zero attached hydrogens (tertiary/aromatic N) is 1. The number of pyridine rings is 1. The molecule has 1 fully saturated rings. The molecule has 3 N–H and O–H groups in total. The van der Waals surface area contributed by atoms with Crippen LogP contribution in [0.3, 0.4) is 0 Å². The first-order valence-electron chi connectivity index (χ1n) is 5.88. The Morgan fingerprint density at radius 2 is 2.24 bits per heavy atom. The number of hydrogen-bond donors (Lipinski definition) is 2. The van der Waals surface area contributed by atoms with Gasteiger partial charge in [0.25, 0.3) is 5.56 Å². The molecule has 0 atom stereocenters. The maximum Gasteiger partial charge on any atom is 0.251 e. The van der Waals surface area contributed by atoms with E-state index in [1.54, 1.807) is 0 Å². The molecule has 0 aliphatic heterocycles. The van der Waals surface area contributed by atoms with Crippen LogP contribution in [-0.4, -0.2) is 17.0 Å². The van der Waals surface area contributed by atoms with E-state index >= 15 is 0 Å². The van der Waals surface area contributed by atoms with E-state index in [1.165, 1.54) is 35.7 Å². The summed E-state index contributed by atoms with van der Waals surface area (Å²) in [5, 5.41) is 2.81. The van der Waals surface area contributed by atoms with Crippen LogP contribution >= 0.6 is 0 Å². The Hall–Kier alpha value is -1.78. The Kier molecular flexibility index (Phi) is 3.46. The average molecular weight is 235 g/mol. The molecular formula is C12H17N3O2. The number of aromatic nitrogens is 1. The molecule has 1 saturated carbocycles. The summed E-state index contributed by atoms with van der Waals surface area (Å²) in [7, 11) is 0. The molecule has 2 rings (SSSR count). The smallest absolute Gasteiger partial charge is 0.251 e. The van der Waals surface area contributed by atoms with Gasteiger partial charge in [-0.25, -0.2) is 0 Å². The van der Waals surface area contributed by atoms with E-state index in [-0.39, 0.29) is 18.0 Å². The first kappa shape index (κ1) is 11.7. The highest BCUT2D eigenvalue weighted by Gasteiger charge is 2.20. The van der Waals surface area contributed by atoms with Crippen molar-refractivity contribution < 1.29 is 4.79 Å². The second-order valence-corrected chi connectivity index (χ2v) is 4.51. The van der Waals surface area contributed by atoms with Crippen LogP contribution in [0.4, 0.5) is 5.69 Å². The Morgan fingerprint density at radius 3 is 2.94 bits per heavy atom. The van der Waals surface area contributed by atoms with Gasteiger partial charge in [-0.2, -0.15) is 0 Å². The number of carbonyl (C=O) groups is 1.